The Balaban J connectivity index is 1.91. The zero-order valence-electron chi connectivity index (χ0n) is 8.18. The van der Waals surface area contributed by atoms with E-state index in [0.717, 1.165) is 25.5 Å². The molecule has 0 aromatic heterocycles. The molecule has 1 fully saturated rings. The lowest BCUT2D eigenvalue weighted by Crippen LogP contribution is -2.47. The van der Waals surface area contributed by atoms with Crippen LogP contribution < -0.4 is 5.32 Å². The van der Waals surface area contributed by atoms with Gasteiger partial charge in [-0.15, -0.1) is 0 Å². The summed E-state index contributed by atoms with van der Waals surface area (Å²) in [6.45, 7) is 5.68. The predicted molar refractivity (Wildman–Crippen MR) is 50.3 cm³/mol. The third kappa shape index (κ3) is 3.52. The molecule has 1 saturated heterocycles. The van der Waals surface area contributed by atoms with Crippen molar-refractivity contribution in [3.63, 3.8) is 0 Å². The second-order valence-electron chi connectivity index (χ2n) is 3.63. The molecule has 0 saturated carbocycles. The Kier molecular flexibility index (Phi) is 4.58. The summed E-state index contributed by atoms with van der Waals surface area (Å²) in [7, 11) is 3.95. The molecule has 1 rings (SSSR count). The summed E-state index contributed by atoms with van der Waals surface area (Å²) in [6.07, 6.45) is 1.15. The Morgan fingerprint density at radius 3 is 2.75 bits per heavy atom. The number of methoxy groups -OCH3 is 1. The molecule has 0 aliphatic carbocycles. The molecule has 3 nitrogen and oxygen atoms in total. The summed E-state index contributed by atoms with van der Waals surface area (Å²) < 4.78 is 5.00. The van der Waals surface area contributed by atoms with Crippen LogP contribution in [0.25, 0.3) is 0 Å². The van der Waals surface area contributed by atoms with Gasteiger partial charge in [-0.2, -0.15) is 0 Å². The summed E-state index contributed by atoms with van der Waals surface area (Å²) in [5.74, 6) is 0.887. The SMILES string of the molecule is COCCCN(C)CC1CNC1. The second-order valence-corrected chi connectivity index (χ2v) is 3.63. The van der Waals surface area contributed by atoms with Gasteiger partial charge in [0.15, 0.2) is 0 Å². The molecule has 0 radical (unpaired) electrons. The van der Waals surface area contributed by atoms with Crippen LogP contribution in [0.15, 0.2) is 0 Å². The van der Waals surface area contributed by atoms with Gasteiger partial charge >= 0.3 is 0 Å². The summed E-state index contributed by atoms with van der Waals surface area (Å²) in [5, 5.41) is 3.28. The van der Waals surface area contributed by atoms with Crippen molar-refractivity contribution in [3.8, 4) is 0 Å². The van der Waals surface area contributed by atoms with Crippen LogP contribution in [0, 0.1) is 5.92 Å². The lowest BCUT2D eigenvalue weighted by Gasteiger charge is -2.31. The van der Waals surface area contributed by atoms with Crippen LogP contribution in [0.4, 0.5) is 0 Å². The molecule has 0 atom stereocenters. The fraction of sp³-hybridized carbons (Fsp3) is 1.00. The highest BCUT2D eigenvalue weighted by molar-refractivity contribution is 4.76. The molecule has 0 aromatic carbocycles. The smallest absolute Gasteiger partial charge is 0.0474 e. The molecule has 72 valence electrons. The molecule has 1 aliphatic rings. The van der Waals surface area contributed by atoms with Crippen molar-refractivity contribution < 1.29 is 4.74 Å². The minimum Gasteiger partial charge on any atom is -0.385 e. The molecule has 0 unspecified atom stereocenters. The zero-order valence-corrected chi connectivity index (χ0v) is 8.18. The number of nitrogens with one attached hydrogen (secondary N) is 1. The van der Waals surface area contributed by atoms with E-state index in [9.17, 15) is 0 Å². The third-order valence-electron chi connectivity index (χ3n) is 2.32. The van der Waals surface area contributed by atoms with Crippen LogP contribution in [0.2, 0.25) is 0 Å². The van der Waals surface area contributed by atoms with Crippen LogP contribution in [0.1, 0.15) is 6.42 Å². The first kappa shape index (κ1) is 9.96. The number of nitrogens with zero attached hydrogens (tertiary/aromatic N) is 1. The molecule has 3 heteroatoms. The van der Waals surface area contributed by atoms with Gasteiger partial charge in [-0.05, 0) is 19.4 Å². The third-order valence-corrected chi connectivity index (χ3v) is 2.32. The van der Waals surface area contributed by atoms with E-state index in [1.54, 1.807) is 7.11 Å². The highest BCUT2D eigenvalue weighted by atomic mass is 16.5. The molecular formula is C9H20N2O. The van der Waals surface area contributed by atoms with Crippen molar-refractivity contribution in [1.29, 1.82) is 0 Å². The number of hydrogen-bond acceptors (Lipinski definition) is 3. The summed E-state index contributed by atoms with van der Waals surface area (Å²) in [5.41, 5.74) is 0. The molecule has 0 aromatic rings. The number of hydrogen-bond donors (Lipinski definition) is 1. The fourth-order valence-electron chi connectivity index (χ4n) is 1.49. The lowest BCUT2D eigenvalue weighted by molar-refractivity contribution is 0.166. The van der Waals surface area contributed by atoms with E-state index >= 15 is 0 Å². The monoisotopic (exact) mass is 172 g/mol. The first-order chi connectivity index (χ1) is 5.83. The highest BCUT2D eigenvalue weighted by Crippen LogP contribution is 2.04. The van der Waals surface area contributed by atoms with E-state index in [1.807, 2.05) is 0 Å². The molecule has 0 bridgehead atoms. The molecule has 0 spiro atoms. The molecule has 0 amide bonds. The van der Waals surface area contributed by atoms with Crippen LogP contribution in [0.5, 0.6) is 0 Å². The molecule has 1 N–H and O–H groups in total. The van der Waals surface area contributed by atoms with Gasteiger partial charge in [0.2, 0.25) is 0 Å². The van der Waals surface area contributed by atoms with Crippen molar-refractivity contribution >= 4 is 0 Å². The van der Waals surface area contributed by atoms with Crippen molar-refractivity contribution in [2.75, 3.05) is 46.9 Å². The Morgan fingerprint density at radius 1 is 1.50 bits per heavy atom. The maximum absolute atomic E-state index is 5.00. The Labute approximate surface area is 75.1 Å². The van der Waals surface area contributed by atoms with Gasteiger partial charge in [-0.25, -0.2) is 0 Å². The number of ether oxygens (including phenoxy) is 1. The topological polar surface area (TPSA) is 24.5 Å². The van der Waals surface area contributed by atoms with E-state index in [0.29, 0.717) is 0 Å². The Morgan fingerprint density at radius 2 is 2.25 bits per heavy atom. The van der Waals surface area contributed by atoms with Crippen molar-refractivity contribution in [2.45, 2.75) is 6.42 Å². The van der Waals surface area contributed by atoms with Gasteiger partial charge in [0.1, 0.15) is 0 Å². The summed E-state index contributed by atoms with van der Waals surface area (Å²) in [4.78, 5) is 2.39. The van der Waals surface area contributed by atoms with Crippen LogP contribution in [-0.4, -0.2) is 51.8 Å². The first-order valence-corrected chi connectivity index (χ1v) is 4.71. The van der Waals surface area contributed by atoms with Gasteiger partial charge in [-0.3, -0.25) is 0 Å². The Hall–Kier alpha value is -0.120. The van der Waals surface area contributed by atoms with E-state index in [1.165, 1.54) is 19.6 Å². The van der Waals surface area contributed by atoms with E-state index < -0.39 is 0 Å². The van der Waals surface area contributed by atoms with E-state index in [-0.39, 0.29) is 0 Å². The predicted octanol–water partition coefficient (Wildman–Crippen LogP) is 0.174. The van der Waals surface area contributed by atoms with Gasteiger partial charge < -0.3 is 15.0 Å². The fourth-order valence-corrected chi connectivity index (χ4v) is 1.49. The quantitative estimate of drug-likeness (QED) is 0.578. The molecule has 1 aliphatic heterocycles. The van der Waals surface area contributed by atoms with Crippen molar-refractivity contribution in [1.82, 2.24) is 10.2 Å². The van der Waals surface area contributed by atoms with Crippen molar-refractivity contribution in [3.05, 3.63) is 0 Å². The second kappa shape index (κ2) is 5.51. The van der Waals surface area contributed by atoms with Crippen LogP contribution in [0.3, 0.4) is 0 Å². The maximum atomic E-state index is 5.00. The largest absolute Gasteiger partial charge is 0.385 e. The summed E-state index contributed by atoms with van der Waals surface area (Å²) in [6, 6.07) is 0. The number of rotatable bonds is 6. The zero-order chi connectivity index (χ0) is 8.81. The normalized spacial score (nSPS) is 18.2. The average Bonchev–Trinajstić information content (AvgIpc) is 1.98. The van der Waals surface area contributed by atoms with Crippen molar-refractivity contribution in [2.24, 2.45) is 5.92 Å². The van der Waals surface area contributed by atoms with E-state index in [2.05, 4.69) is 17.3 Å². The van der Waals surface area contributed by atoms with Crippen LogP contribution >= 0.6 is 0 Å². The van der Waals surface area contributed by atoms with E-state index in [4.69, 9.17) is 4.74 Å². The van der Waals surface area contributed by atoms with Crippen LogP contribution in [-0.2, 0) is 4.74 Å². The average molecular weight is 172 g/mol. The first-order valence-electron chi connectivity index (χ1n) is 4.71. The summed E-state index contributed by atoms with van der Waals surface area (Å²) >= 11 is 0. The Bertz CT molecular complexity index is 115. The molecular weight excluding hydrogens is 152 g/mol. The lowest BCUT2D eigenvalue weighted by atomic mass is 10.0. The maximum Gasteiger partial charge on any atom is 0.0474 e. The molecule has 12 heavy (non-hydrogen) atoms. The standard InChI is InChI=1S/C9H20N2O/c1-11(4-3-5-12-2)8-9-6-10-7-9/h9-10H,3-8H2,1-2H3. The van der Waals surface area contributed by atoms with Gasteiger partial charge in [0.05, 0.1) is 0 Å². The highest BCUT2D eigenvalue weighted by Gasteiger charge is 2.17. The minimum atomic E-state index is 0.882. The minimum absolute atomic E-state index is 0.882. The van der Waals surface area contributed by atoms with Gasteiger partial charge in [0, 0.05) is 39.9 Å². The molecule has 1 heterocycles. The van der Waals surface area contributed by atoms with Gasteiger partial charge in [0.25, 0.3) is 0 Å². The van der Waals surface area contributed by atoms with Gasteiger partial charge in [-0.1, -0.05) is 0 Å².